The maximum atomic E-state index is 13.6. The first kappa shape index (κ1) is 29.6. The standard InChI is InChI=1S/C25H31Cl2N3O5S/c1-16(2)13-28-25(33)17(3)29(14-21-22(26)10-7-11-23(21)27)24(32)15-30(36(5,34)35)20-9-6-8-19(12-20)18(4)31/h6-12,16-17H,13-15H2,1-5H3,(H,28,33)/t17-/m0/s1. The minimum absolute atomic E-state index is 0.112. The van der Waals surface area contributed by atoms with E-state index in [4.69, 9.17) is 23.2 Å². The fourth-order valence-corrected chi connectivity index (χ4v) is 4.74. The highest BCUT2D eigenvalue weighted by atomic mass is 35.5. The van der Waals surface area contributed by atoms with Crippen molar-refractivity contribution in [3.63, 3.8) is 0 Å². The molecule has 2 aromatic carbocycles. The third kappa shape index (κ3) is 7.94. The molecule has 2 aromatic rings. The molecule has 0 saturated carbocycles. The molecule has 0 bridgehead atoms. The average Bonchev–Trinajstić information content (AvgIpc) is 2.79. The van der Waals surface area contributed by atoms with Gasteiger partial charge in [-0.05, 0) is 44.0 Å². The number of ketones is 1. The monoisotopic (exact) mass is 555 g/mol. The van der Waals surface area contributed by atoms with Gasteiger partial charge in [-0.2, -0.15) is 0 Å². The number of anilines is 1. The molecule has 0 heterocycles. The molecule has 2 amide bonds. The topological polar surface area (TPSA) is 104 Å². The van der Waals surface area contributed by atoms with Gasteiger partial charge in [-0.25, -0.2) is 8.42 Å². The Morgan fingerprint density at radius 3 is 2.11 bits per heavy atom. The van der Waals surface area contributed by atoms with Crippen molar-refractivity contribution < 1.29 is 22.8 Å². The number of benzene rings is 2. The van der Waals surface area contributed by atoms with Gasteiger partial charge in [-0.15, -0.1) is 0 Å². The van der Waals surface area contributed by atoms with E-state index in [0.717, 1.165) is 10.6 Å². The minimum atomic E-state index is -3.92. The van der Waals surface area contributed by atoms with Gasteiger partial charge in [0.15, 0.2) is 5.78 Å². The van der Waals surface area contributed by atoms with Crippen LogP contribution in [0.15, 0.2) is 42.5 Å². The number of carbonyl (C=O) groups excluding carboxylic acids is 3. The SMILES string of the molecule is CC(=O)c1cccc(N(CC(=O)N(Cc2c(Cl)cccc2Cl)[C@@H](C)C(=O)NCC(C)C)S(C)(=O)=O)c1. The van der Waals surface area contributed by atoms with E-state index in [2.05, 4.69) is 5.32 Å². The number of nitrogens with one attached hydrogen (secondary N) is 1. The van der Waals surface area contributed by atoms with Crippen LogP contribution in [0.5, 0.6) is 0 Å². The molecule has 8 nitrogen and oxygen atoms in total. The number of Topliss-reactive ketones (excluding diaryl/α,β-unsaturated/α-hetero) is 1. The summed E-state index contributed by atoms with van der Waals surface area (Å²) in [5.74, 6) is -1.10. The van der Waals surface area contributed by atoms with Crippen LogP contribution < -0.4 is 9.62 Å². The molecule has 2 rings (SSSR count). The molecule has 0 spiro atoms. The summed E-state index contributed by atoms with van der Waals surface area (Å²) < 4.78 is 26.2. The van der Waals surface area contributed by atoms with Crippen molar-refractivity contribution in [2.75, 3.05) is 23.7 Å². The Bertz CT molecular complexity index is 1210. The Hall–Kier alpha value is -2.62. The van der Waals surface area contributed by atoms with Crippen LogP contribution >= 0.6 is 23.2 Å². The number of hydrogen-bond donors (Lipinski definition) is 1. The summed E-state index contributed by atoms with van der Waals surface area (Å²) in [6.45, 7) is 6.50. The van der Waals surface area contributed by atoms with Gasteiger partial charge in [-0.3, -0.25) is 18.7 Å². The smallest absolute Gasteiger partial charge is 0.244 e. The maximum Gasteiger partial charge on any atom is 0.244 e. The van der Waals surface area contributed by atoms with Crippen LogP contribution in [0.4, 0.5) is 5.69 Å². The summed E-state index contributed by atoms with van der Waals surface area (Å²) in [6, 6.07) is 9.94. The van der Waals surface area contributed by atoms with Gasteiger partial charge in [0.2, 0.25) is 21.8 Å². The van der Waals surface area contributed by atoms with E-state index >= 15 is 0 Å². The van der Waals surface area contributed by atoms with Crippen molar-refractivity contribution in [1.82, 2.24) is 10.2 Å². The van der Waals surface area contributed by atoms with Gasteiger partial charge in [0.25, 0.3) is 0 Å². The third-order valence-electron chi connectivity index (χ3n) is 5.46. The van der Waals surface area contributed by atoms with Crippen molar-refractivity contribution in [2.45, 2.75) is 40.3 Å². The van der Waals surface area contributed by atoms with E-state index in [1.807, 2.05) is 13.8 Å². The van der Waals surface area contributed by atoms with E-state index in [-0.39, 0.29) is 23.9 Å². The van der Waals surface area contributed by atoms with E-state index in [1.54, 1.807) is 31.2 Å². The van der Waals surface area contributed by atoms with Crippen molar-refractivity contribution >= 4 is 56.5 Å². The molecule has 1 atom stereocenters. The van der Waals surface area contributed by atoms with E-state index in [9.17, 15) is 22.8 Å². The van der Waals surface area contributed by atoms with Crippen LogP contribution in [0.1, 0.15) is 43.6 Å². The maximum absolute atomic E-state index is 13.6. The molecule has 196 valence electrons. The van der Waals surface area contributed by atoms with Crippen molar-refractivity contribution in [3.05, 3.63) is 63.6 Å². The second-order valence-electron chi connectivity index (χ2n) is 8.91. The lowest BCUT2D eigenvalue weighted by Crippen LogP contribution is -2.51. The summed E-state index contributed by atoms with van der Waals surface area (Å²) >= 11 is 12.7. The zero-order valence-corrected chi connectivity index (χ0v) is 23.2. The Morgan fingerprint density at radius 1 is 1.00 bits per heavy atom. The Morgan fingerprint density at radius 2 is 1.58 bits per heavy atom. The van der Waals surface area contributed by atoms with Gasteiger partial charge in [0, 0.05) is 34.3 Å². The normalized spacial score (nSPS) is 12.2. The lowest BCUT2D eigenvalue weighted by molar-refractivity contribution is -0.139. The highest BCUT2D eigenvalue weighted by Crippen LogP contribution is 2.27. The molecule has 1 N–H and O–H groups in total. The number of nitrogens with zero attached hydrogens (tertiary/aromatic N) is 2. The number of amides is 2. The molecule has 0 aliphatic carbocycles. The quantitative estimate of drug-likeness (QED) is 0.419. The molecule has 0 aromatic heterocycles. The molecular weight excluding hydrogens is 525 g/mol. The highest BCUT2D eigenvalue weighted by molar-refractivity contribution is 7.92. The van der Waals surface area contributed by atoms with Crippen LogP contribution in [0.2, 0.25) is 10.0 Å². The third-order valence-corrected chi connectivity index (χ3v) is 7.31. The molecule has 0 aliphatic heterocycles. The molecule has 0 unspecified atom stereocenters. The van der Waals surface area contributed by atoms with Crippen molar-refractivity contribution in [3.8, 4) is 0 Å². The molecule has 0 fully saturated rings. The zero-order valence-electron chi connectivity index (χ0n) is 20.9. The number of rotatable bonds is 11. The first-order chi connectivity index (χ1) is 16.7. The molecule has 0 aliphatic rings. The molecule has 0 saturated heterocycles. The second-order valence-corrected chi connectivity index (χ2v) is 11.6. The van der Waals surface area contributed by atoms with Crippen molar-refractivity contribution in [1.29, 1.82) is 0 Å². The Balaban J connectivity index is 2.47. The lowest BCUT2D eigenvalue weighted by atomic mass is 10.1. The predicted octanol–water partition coefficient (Wildman–Crippen LogP) is 4.15. The first-order valence-electron chi connectivity index (χ1n) is 11.3. The molecule has 11 heteroatoms. The second kappa shape index (κ2) is 12.6. The first-order valence-corrected chi connectivity index (χ1v) is 13.9. The van der Waals surface area contributed by atoms with E-state index in [0.29, 0.717) is 27.7 Å². The summed E-state index contributed by atoms with van der Waals surface area (Å²) in [5.41, 5.74) is 0.892. The summed E-state index contributed by atoms with van der Waals surface area (Å²) in [5, 5.41) is 3.42. The largest absolute Gasteiger partial charge is 0.354 e. The van der Waals surface area contributed by atoms with Crippen LogP contribution in [0.25, 0.3) is 0 Å². The van der Waals surface area contributed by atoms with Crippen LogP contribution in [-0.4, -0.2) is 56.3 Å². The molecule has 0 radical (unpaired) electrons. The van der Waals surface area contributed by atoms with Crippen molar-refractivity contribution in [2.24, 2.45) is 5.92 Å². The minimum Gasteiger partial charge on any atom is -0.354 e. The molecular formula is C25H31Cl2N3O5S. The van der Waals surface area contributed by atoms with E-state index < -0.39 is 34.4 Å². The highest BCUT2D eigenvalue weighted by Gasteiger charge is 2.31. The zero-order chi connectivity index (χ0) is 27.2. The average molecular weight is 557 g/mol. The van der Waals surface area contributed by atoms with Gasteiger partial charge in [-0.1, -0.05) is 55.2 Å². The predicted molar refractivity (Wildman–Crippen MR) is 143 cm³/mol. The van der Waals surface area contributed by atoms with Gasteiger partial charge < -0.3 is 10.2 Å². The fraction of sp³-hybridized carbons (Fsp3) is 0.400. The number of halogens is 2. The summed E-state index contributed by atoms with van der Waals surface area (Å²) in [4.78, 5) is 39.5. The number of sulfonamides is 1. The van der Waals surface area contributed by atoms with Gasteiger partial charge in [0.1, 0.15) is 12.6 Å². The van der Waals surface area contributed by atoms with Gasteiger partial charge in [0.05, 0.1) is 11.9 Å². The Labute approximate surface area is 222 Å². The lowest BCUT2D eigenvalue weighted by Gasteiger charge is -2.32. The van der Waals surface area contributed by atoms with Gasteiger partial charge >= 0.3 is 0 Å². The van der Waals surface area contributed by atoms with Crippen LogP contribution in [0.3, 0.4) is 0 Å². The summed E-state index contributed by atoms with van der Waals surface area (Å²) in [6.07, 6.45) is 0.967. The Kier molecular flexibility index (Phi) is 10.3. The summed E-state index contributed by atoms with van der Waals surface area (Å²) in [7, 11) is -3.92. The molecule has 36 heavy (non-hydrogen) atoms. The van der Waals surface area contributed by atoms with Crippen LogP contribution in [0, 0.1) is 5.92 Å². The fourth-order valence-electron chi connectivity index (χ4n) is 3.38. The van der Waals surface area contributed by atoms with E-state index in [1.165, 1.54) is 30.0 Å². The van der Waals surface area contributed by atoms with Crippen LogP contribution in [-0.2, 0) is 26.2 Å². The number of carbonyl (C=O) groups is 3. The number of hydrogen-bond acceptors (Lipinski definition) is 5.